The minimum atomic E-state index is -3.42. The molecule has 1 amide bonds. The largest absolute Gasteiger partial charge is 0.365 e. The lowest BCUT2D eigenvalue weighted by Gasteiger charge is -2.23. The highest BCUT2D eigenvalue weighted by molar-refractivity contribution is 5.83. The maximum atomic E-state index is 15.5. The van der Waals surface area contributed by atoms with Crippen LogP contribution >= 0.6 is 0 Å². The third kappa shape index (κ3) is 5.44. The zero-order valence-corrected chi connectivity index (χ0v) is 21.0. The Balaban J connectivity index is 1.66. The highest BCUT2D eigenvalue weighted by Crippen LogP contribution is 2.42. The van der Waals surface area contributed by atoms with Crippen molar-refractivity contribution in [2.45, 2.75) is 70.5 Å². The summed E-state index contributed by atoms with van der Waals surface area (Å²) in [4.78, 5) is 20.8. The van der Waals surface area contributed by atoms with Gasteiger partial charge in [-0.15, -0.1) is 0 Å². The van der Waals surface area contributed by atoms with Crippen LogP contribution in [0, 0.1) is 18.7 Å². The lowest BCUT2D eigenvalue weighted by molar-refractivity contribution is -0.129. The smallest absolute Gasteiger partial charge is 0.278 e. The Kier molecular flexibility index (Phi) is 7.89. The summed E-state index contributed by atoms with van der Waals surface area (Å²) in [6.45, 7) is 3.90. The minimum absolute atomic E-state index is 0.00950. The predicted octanol–water partition coefficient (Wildman–Crippen LogP) is 5.25. The van der Waals surface area contributed by atoms with Crippen molar-refractivity contribution in [1.82, 2.24) is 15.3 Å². The van der Waals surface area contributed by atoms with E-state index in [0.29, 0.717) is 0 Å². The predicted molar refractivity (Wildman–Crippen MR) is 124 cm³/mol. The van der Waals surface area contributed by atoms with Crippen LogP contribution in [0.1, 0.15) is 67.4 Å². The number of nitrogens with zero attached hydrogens (tertiary/aromatic N) is 2. The van der Waals surface area contributed by atoms with E-state index in [1.165, 1.54) is 32.9 Å². The summed E-state index contributed by atoms with van der Waals surface area (Å²) in [6.07, 6.45) is -6.51. The molecule has 1 aliphatic heterocycles. The summed E-state index contributed by atoms with van der Waals surface area (Å²) < 4.78 is 97.2. The van der Waals surface area contributed by atoms with E-state index in [2.05, 4.69) is 20.6 Å². The van der Waals surface area contributed by atoms with Gasteiger partial charge in [-0.3, -0.25) is 4.79 Å². The monoisotopic (exact) mass is 546 g/mol. The van der Waals surface area contributed by atoms with Crippen LogP contribution in [-0.4, -0.2) is 41.1 Å². The van der Waals surface area contributed by atoms with Crippen LogP contribution in [0.2, 0.25) is 0 Å². The summed E-state index contributed by atoms with van der Waals surface area (Å²) in [7, 11) is 0. The Morgan fingerprint density at radius 3 is 2.39 bits per heavy atom. The van der Waals surface area contributed by atoms with Crippen LogP contribution in [0.4, 0.5) is 32.2 Å². The number of carbonyl (C=O) groups is 1. The molecule has 1 saturated carbocycles. The van der Waals surface area contributed by atoms with Gasteiger partial charge in [-0.25, -0.2) is 36.3 Å². The molecule has 1 unspecified atom stereocenters. The maximum Gasteiger partial charge on any atom is 0.278 e. The van der Waals surface area contributed by atoms with Gasteiger partial charge in [-0.2, -0.15) is 0 Å². The summed E-state index contributed by atoms with van der Waals surface area (Å²) in [5.41, 5.74) is -3.22. The fourth-order valence-corrected chi connectivity index (χ4v) is 4.12. The summed E-state index contributed by atoms with van der Waals surface area (Å²) in [6, 6.07) is 3.62. The second kappa shape index (κ2) is 10.7. The molecule has 208 valence electrons. The van der Waals surface area contributed by atoms with Gasteiger partial charge in [0.05, 0.1) is 30.0 Å². The van der Waals surface area contributed by atoms with Gasteiger partial charge in [0.1, 0.15) is 23.0 Å². The molecule has 0 spiro atoms. The van der Waals surface area contributed by atoms with Crippen molar-refractivity contribution < 1.29 is 40.6 Å². The highest BCUT2D eigenvalue weighted by Gasteiger charge is 2.53. The van der Waals surface area contributed by atoms with E-state index in [0.717, 1.165) is 6.07 Å². The highest BCUT2D eigenvalue weighted by atomic mass is 19.3. The van der Waals surface area contributed by atoms with Gasteiger partial charge in [0.15, 0.2) is 6.29 Å². The van der Waals surface area contributed by atoms with E-state index in [9.17, 15) is 22.4 Å². The van der Waals surface area contributed by atoms with E-state index >= 15 is 8.78 Å². The molecule has 2 heterocycles. The van der Waals surface area contributed by atoms with Gasteiger partial charge in [-0.05, 0) is 19.8 Å². The summed E-state index contributed by atoms with van der Waals surface area (Å²) in [5, 5.41) is 4.86. The van der Waals surface area contributed by atoms with Gasteiger partial charge in [0.2, 0.25) is 6.17 Å². The number of halogens is 6. The van der Waals surface area contributed by atoms with Crippen LogP contribution in [-0.2, 0) is 26.7 Å². The van der Waals surface area contributed by atoms with Crippen molar-refractivity contribution >= 4 is 11.7 Å². The standard InChI is InChI=1S/C25H28F6N4O3/c1-12(2)25(30,31)15-6-4-5-14(17(15)26)11-32-20-16(22-37-9-10-38-22)19(33-13(3)34-20)18(27)21(36)35-24(7-8-24)23(28)29/h4-6,12,18,22-23H,7-11H2,1-3H3,(H,35,36)(H,32,33,34). The molecule has 2 aliphatic rings. The van der Waals surface area contributed by atoms with Crippen molar-refractivity contribution in [3.63, 3.8) is 0 Å². The van der Waals surface area contributed by atoms with Crippen LogP contribution in [0.25, 0.3) is 0 Å². The second-order valence-corrected chi connectivity index (χ2v) is 9.71. The number of ether oxygens (including phenoxy) is 2. The van der Waals surface area contributed by atoms with Gasteiger partial charge in [0, 0.05) is 18.0 Å². The zero-order valence-electron chi connectivity index (χ0n) is 21.0. The number of rotatable bonds is 10. The first kappa shape index (κ1) is 28.1. The topological polar surface area (TPSA) is 85.4 Å². The average Bonchev–Trinajstić information content (AvgIpc) is 3.45. The zero-order chi connectivity index (χ0) is 27.8. The lowest BCUT2D eigenvalue weighted by Crippen LogP contribution is -2.44. The molecular formula is C25H28F6N4O3. The Morgan fingerprint density at radius 1 is 1.16 bits per heavy atom. The van der Waals surface area contributed by atoms with E-state index in [4.69, 9.17) is 9.47 Å². The molecule has 1 aromatic carbocycles. The Bertz CT molecular complexity index is 1190. The molecule has 2 aromatic rings. The number of nitrogens with one attached hydrogen (secondary N) is 2. The van der Waals surface area contributed by atoms with Crippen molar-refractivity contribution in [3.05, 3.63) is 52.2 Å². The molecule has 13 heteroatoms. The Labute approximate surface area is 215 Å². The van der Waals surface area contributed by atoms with Crippen LogP contribution < -0.4 is 10.6 Å². The van der Waals surface area contributed by atoms with Crippen molar-refractivity contribution in [3.8, 4) is 0 Å². The Morgan fingerprint density at radius 2 is 1.82 bits per heavy atom. The number of benzene rings is 1. The summed E-state index contributed by atoms with van der Waals surface area (Å²) in [5.74, 6) is -7.05. The molecule has 1 aromatic heterocycles. The Hall–Kier alpha value is -2.93. The van der Waals surface area contributed by atoms with Gasteiger partial charge < -0.3 is 20.1 Å². The quantitative estimate of drug-likeness (QED) is 0.396. The fraction of sp³-hybridized carbons (Fsp3) is 0.560. The fourth-order valence-electron chi connectivity index (χ4n) is 4.12. The number of aromatic nitrogens is 2. The molecule has 7 nitrogen and oxygen atoms in total. The number of amides is 1. The van der Waals surface area contributed by atoms with E-state index in [1.807, 2.05) is 0 Å². The molecule has 2 N–H and O–H groups in total. The molecule has 4 rings (SSSR count). The van der Waals surface area contributed by atoms with Crippen LogP contribution in [0.15, 0.2) is 18.2 Å². The van der Waals surface area contributed by atoms with Crippen molar-refractivity contribution in [1.29, 1.82) is 0 Å². The molecule has 0 radical (unpaired) electrons. The molecule has 38 heavy (non-hydrogen) atoms. The second-order valence-electron chi connectivity index (χ2n) is 9.71. The SMILES string of the molecule is Cc1nc(NCc2cccc(C(F)(F)C(C)C)c2F)c(C2OCCO2)c(C(F)C(=O)NC2(C(F)F)CC2)n1. The van der Waals surface area contributed by atoms with Crippen LogP contribution in [0.5, 0.6) is 0 Å². The van der Waals surface area contributed by atoms with E-state index in [1.54, 1.807) is 0 Å². The van der Waals surface area contributed by atoms with Crippen molar-refractivity contribution in [2.75, 3.05) is 18.5 Å². The van der Waals surface area contributed by atoms with Crippen LogP contribution in [0.3, 0.4) is 0 Å². The third-order valence-corrected chi connectivity index (χ3v) is 6.60. The van der Waals surface area contributed by atoms with E-state index < -0.39 is 59.2 Å². The third-order valence-electron chi connectivity index (χ3n) is 6.60. The number of hydrogen-bond acceptors (Lipinski definition) is 6. The number of carbonyl (C=O) groups excluding carboxylic acids is 1. The number of alkyl halides is 5. The average molecular weight is 547 g/mol. The first-order valence-corrected chi connectivity index (χ1v) is 12.1. The number of anilines is 1. The molecule has 0 bridgehead atoms. The van der Waals surface area contributed by atoms with Crippen molar-refractivity contribution in [2.24, 2.45) is 5.92 Å². The summed E-state index contributed by atoms with van der Waals surface area (Å²) >= 11 is 0. The lowest BCUT2D eigenvalue weighted by atomic mass is 9.95. The first-order chi connectivity index (χ1) is 17.9. The van der Waals surface area contributed by atoms with E-state index in [-0.39, 0.29) is 55.4 Å². The van der Waals surface area contributed by atoms with Gasteiger partial charge in [-0.1, -0.05) is 32.0 Å². The molecular weight excluding hydrogens is 518 g/mol. The molecule has 2 fully saturated rings. The maximum absolute atomic E-state index is 15.5. The normalized spacial score (nSPS) is 18.2. The molecule has 1 saturated heterocycles. The first-order valence-electron chi connectivity index (χ1n) is 12.1. The van der Waals surface area contributed by atoms with Gasteiger partial charge >= 0.3 is 0 Å². The van der Waals surface area contributed by atoms with Gasteiger partial charge in [0.25, 0.3) is 18.3 Å². The number of aryl methyl sites for hydroxylation is 1. The molecule has 1 atom stereocenters. The minimum Gasteiger partial charge on any atom is -0.365 e. The molecule has 1 aliphatic carbocycles. The number of hydrogen-bond donors (Lipinski definition) is 2.